The standard InChI is InChI=1S/C12H18N2O3S2.ClH/c1-17-11-4-5-18-12(11)19(15,16)14-6-8-2-3-10(13)9(8)7-14;/h4-5,8-10H,2-3,6-7,13H2,1H3;1H. The third kappa shape index (κ3) is 2.46. The van der Waals surface area contributed by atoms with E-state index in [0.717, 1.165) is 12.8 Å². The van der Waals surface area contributed by atoms with Gasteiger partial charge in [-0.3, -0.25) is 0 Å². The van der Waals surface area contributed by atoms with Gasteiger partial charge in [-0.15, -0.1) is 23.7 Å². The first kappa shape index (κ1) is 16.0. The van der Waals surface area contributed by atoms with Gasteiger partial charge in [0.2, 0.25) is 0 Å². The fourth-order valence-corrected chi connectivity index (χ4v) is 6.15. The van der Waals surface area contributed by atoms with Crippen molar-refractivity contribution in [3.8, 4) is 5.75 Å². The van der Waals surface area contributed by atoms with Crippen LogP contribution in [0.25, 0.3) is 0 Å². The molecule has 1 aliphatic heterocycles. The van der Waals surface area contributed by atoms with E-state index in [1.165, 1.54) is 18.4 Å². The number of fused-ring (bicyclic) bond motifs is 1. The van der Waals surface area contributed by atoms with Gasteiger partial charge in [0.15, 0.2) is 4.21 Å². The lowest BCUT2D eigenvalue weighted by molar-refractivity contribution is 0.399. The molecule has 2 aliphatic rings. The van der Waals surface area contributed by atoms with E-state index in [4.69, 9.17) is 10.5 Å². The molecule has 2 N–H and O–H groups in total. The number of ether oxygens (including phenoxy) is 1. The molecule has 0 bridgehead atoms. The molecule has 0 spiro atoms. The number of methoxy groups -OCH3 is 1. The lowest BCUT2D eigenvalue weighted by Gasteiger charge is -2.18. The smallest absolute Gasteiger partial charge is 0.256 e. The Kier molecular flexibility index (Phi) is 4.66. The number of rotatable bonds is 3. The van der Waals surface area contributed by atoms with Crippen LogP contribution in [0, 0.1) is 11.8 Å². The number of nitrogens with two attached hydrogens (primary N) is 1. The highest BCUT2D eigenvalue weighted by Crippen LogP contribution is 2.41. The zero-order valence-electron chi connectivity index (χ0n) is 11.2. The Hall–Kier alpha value is -0.340. The lowest BCUT2D eigenvalue weighted by Crippen LogP contribution is -2.33. The highest BCUT2D eigenvalue weighted by atomic mass is 35.5. The molecule has 3 unspecified atom stereocenters. The summed E-state index contributed by atoms with van der Waals surface area (Å²) in [6.45, 7) is 1.15. The van der Waals surface area contributed by atoms with Crippen molar-refractivity contribution in [2.75, 3.05) is 20.2 Å². The second-order valence-corrected chi connectivity index (χ2v) is 8.31. The monoisotopic (exact) mass is 338 g/mol. The van der Waals surface area contributed by atoms with Crippen molar-refractivity contribution in [1.29, 1.82) is 0 Å². The Balaban J connectivity index is 0.00000147. The summed E-state index contributed by atoms with van der Waals surface area (Å²) >= 11 is 1.21. The SMILES string of the molecule is COc1ccsc1S(=O)(=O)N1CC2CCC(N)C2C1.Cl. The summed E-state index contributed by atoms with van der Waals surface area (Å²) in [5.74, 6) is 1.18. The number of thiophene rings is 1. The maximum absolute atomic E-state index is 12.6. The van der Waals surface area contributed by atoms with Gasteiger partial charge in [0, 0.05) is 19.1 Å². The van der Waals surface area contributed by atoms with Gasteiger partial charge in [0.25, 0.3) is 10.0 Å². The van der Waals surface area contributed by atoms with E-state index in [9.17, 15) is 8.42 Å². The van der Waals surface area contributed by atoms with Crippen LogP contribution < -0.4 is 10.5 Å². The molecule has 20 heavy (non-hydrogen) atoms. The van der Waals surface area contributed by atoms with E-state index >= 15 is 0 Å². The van der Waals surface area contributed by atoms with Crippen LogP contribution in [0.5, 0.6) is 5.75 Å². The molecular weight excluding hydrogens is 320 g/mol. The quantitative estimate of drug-likeness (QED) is 0.907. The molecule has 1 saturated carbocycles. The van der Waals surface area contributed by atoms with Gasteiger partial charge in [0.1, 0.15) is 5.75 Å². The molecule has 0 aromatic carbocycles. The Labute approximate surface area is 129 Å². The number of halogens is 1. The molecule has 8 heteroatoms. The highest BCUT2D eigenvalue weighted by Gasteiger charge is 2.45. The Morgan fingerprint density at radius 1 is 1.40 bits per heavy atom. The van der Waals surface area contributed by atoms with Crippen molar-refractivity contribution in [2.45, 2.75) is 23.1 Å². The van der Waals surface area contributed by atoms with E-state index in [1.807, 2.05) is 0 Å². The third-order valence-electron chi connectivity index (χ3n) is 4.27. The summed E-state index contributed by atoms with van der Waals surface area (Å²) < 4.78 is 32.3. The van der Waals surface area contributed by atoms with Crippen molar-refractivity contribution in [3.05, 3.63) is 11.4 Å². The molecule has 1 aromatic rings. The molecule has 3 atom stereocenters. The first-order valence-electron chi connectivity index (χ1n) is 6.41. The maximum Gasteiger partial charge on any atom is 0.256 e. The minimum atomic E-state index is -3.43. The van der Waals surface area contributed by atoms with Crippen LogP contribution >= 0.6 is 23.7 Å². The van der Waals surface area contributed by atoms with Crippen LogP contribution in [0.2, 0.25) is 0 Å². The van der Waals surface area contributed by atoms with Gasteiger partial charge < -0.3 is 10.5 Å². The highest BCUT2D eigenvalue weighted by molar-refractivity contribution is 7.91. The van der Waals surface area contributed by atoms with Gasteiger partial charge in [0.05, 0.1) is 7.11 Å². The van der Waals surface area contributed by atoms with Crippen LogP contribution in [0.1, 0.15) is 12.8 Å². The molecule has 2 fully saturated rings. The summed E-state index contributed by atoms with van der Waals surface area (Å²) in [4.78, 5) is 0. The first-order valence-corrected chi connectivity index (χ1v) is 8.73. The average molecular weight is 339 g/mol. The van der Waals surface area contributed by atoms with E-state index in [1.54, 1.807) is 15.8 Å². The zero-order chi connectivity index (χ0) is 13.6. The van der Waals surface area contributed by atoms with Gasteiger partial charge in [-0.1, -0.05) is 0 Å². The summed E-state index contributed by atoms with van der Waals surface area (Å²) in [6.07, 6.45) is 2.06. The summed E-state index contributed by atoms with van der Waals surface area (Å²) in [7, 11) is -1.94. The maximum atomic E-state index is 12.6. The lowest BCUT2D eigenvalue weighted by atomic mass is 9.98. The summed E-state index contributed by atoms with van der Waals surface area (Å²) in [5, 5.41) is 1.74. The minimum absolute atomic E-state index is 0. The van der Waals surface area contributed by atoms with Crippen LogP contribution in [-0.2, 0) is 10.0 Å². The normalized spacial score (nSPS) is 30.0. The molecule has 1 aliphatic carbocycles. The van der Waals surface area contributed by atoms with E-state index in [0.29, 0.717) is 34.9 Å². The topological polar surface area (TPSA) is 72.6 Å². The van der Waals surface area contributed by atoms with Crippen LogP contribution in [0.4, 0.5) is 0 Å². The van der Waals surface area contributed by atoms with Crippen molar-refractivity contribution in [2.24, 2.45) is 17.6 Å². The number of hydrogen-bond donors (Lipinski definition) is 1. The summed E-state index contributed by atoms with van der Waals surface area (Å²) in [6, 6.07) is 1.84. The van der Waals surface area contributed by atoms with E-state index in [2.05, 4.69) is 0 Å². The fraction of sp³-hybridized carbons (Fsp3) is 0.667. The molecular formula is C12H19ClN2O3S2. The van der Waals surface area contributed by atoms with Crippen molar-refractivity contribution >= 4 is 33.8 Å². The number of hydrogen-bond acceptors (Lipinski definition) is 5. The summed E-state index contributed by atoms with van der Waals surface area (Å²) in [5.41, 5.74) is 6.06. The third-order valence-corrected chi connectivity index (χ3v) is 7.52. The average Bonchev–Trinajstić information content (AvgIpc) is 3.06. The molecule has 114 valence electrons. The number of sulfonamides is 1. The molecule has 1 aromatic heterocycles. The molecule has 0 radical (unpaired) electrons. The van der Waals surface area contributed by atoms with Crippen LogP contribution in [-0.4, -0.2) is 39.0 Å². The number of nitrogens with zero attached hydrogens (tertiary/aromatic N) is 1. The molecule has 1 saturated heterocycles. The van der Waals surface area contributed by atoms with Gasteiger partial charge in [-0.05, 0) is 36.1 Å². The van der Waals surface area contributed by atoms with Gasteiger partial charge >= 0.3 is 0 Å². The largest absolute Gasteiger partial charge is 0.494 e. The predicted octanol–water partition coefficient (Wildman–Crippen LogP) is 1.54. The predicted molar refractivity (Wildman–Crippen MR) is 81.1 cm³/mol. The van der Waals surface area contributed by atoms with Crippen LogP contribution in [0.3, 0.4) is 0 Å². The Morgan fingerprint density at radius 2 is 2.15 bits per heavy atom. The van der Waals surface area contributed by atoms with Gasteiger partial charge in [-0.2, -0.15) is 4.31 Å². The van der Waals surface area contributed by atoms with Crippen molar-refractivity contribution in [3.63, 3.8) is 0 Å². The minimum Gasteiger partial charge on any atom is -0.494 e. The zero-order valence-corrected chi connectivity index (χ0v) is 13.6. The first-order chi connectivity index (χ1) is 9.04. The fourth-order valence-electron chi connectivity index (χ4n) is 3.20. The van der Waals surface area contributed by atoms with E-state index in [-0.39, 0.29) is 18.4 Å². The Bertz CT molecular complexity index is 575. The Morgan fingerprint density at radius 3 is 2.80 bits per heavy atom. The van der Waals surface area contributed by atoms with E-state index < -0.39 is 10.0 Å². The van der Waals surface area contributed by atoms with Crippen molar-refractivity contribution < 1.29 is 13.2 Å². The second kappa shape index (κ2) is 5.81. The second-order valence-electron chi connectivity index (χ2n) is 5.26. The van der Waals surface area contributed by atoms with Gasteiger partial charge in [-0.25, -0.2) is 8.42 Å². The molecule has 0 amide bonds. The molecule has 2 heterocycles. The molecule has 5 nitrogen and oxygen atoms in total. The molecule has 3 rings (SSSR count). The van der Waals surface area contributed by atoms with Crippen LogP contribution in [0.15, 0.2) is 15.7 Å². The van der Waals surface area contributed by atoms with Crippen molar-refractivity contribution in [1.82, 2.24) is 4.31 Å².